The zero-order chi connectivity index (χ0) is 29.3. The van der Waals surface area contributed by atoms with Gasteiger partial charge in [0.1, 0.15) is 17.7 Å². The van der Waals surface area contributed by atoms with Gasteiger partial charge in [0.2, 0.25) is 5.91 Å². The fraction of sp³-hybridized carbons (Fsp3) is 0.323. The SMILES string of the molecule is Cc1cccc(Cl)c1NC(=O)C(c1ccccc1)N(CCO)C(=O)C(Cc1ccccc1)NC(=O)OC(C)(C)C. The van der Waals surface area contributed by atoms with Gasteiger partial charge in [0.05, 0.1) is 17.3 Å². The molecule has 3 rings (SSSR count). The summed E-state index contributed by atoms with van der Waals surface area (Å²) in [4.78, 5) is 42.1. The zero-order valence-electron chi connectivity index (χ0n) is 23.2. The fourth-order valence-corrected chi connectivity index (χ4v) is 4.53. The Bertz CT molecular complexity index is 1280. The number of carbonyl (C=O) groups is 3. The van der Waals surface area contributed by atoms with Gasteiger partial charge in [0.25, 0.3) is 5.91 Å². The van der Waals surface area contributed by atoms with Gasteiger partial charge in [-0.25, -0.2) is 4.79 Å². The minimum absolute atomic E-state index is 0.146. The van der Waals surface area contributed by atoms with E-state index in [0.29, 0.717) is 16.3 Å². The smallest absolute Gasteiger partial charge is 0.408 e. The van der Waals surface area contributed by atoms with Crippen molar-refractivity contribution in [1.82, 2.24) is 10.2 Å². The van der Waals surface area contributed by atoms with Gasteiger partial charge in [-0.1, -0.05) is 84.4 Å². The number of nitrogens with one attached hydrogen (secondary N) is 2. The molecule has 0 heterocycles. The molecule has 3 aromatic rings. The topological polar surface area (TPSA) is 108 Å². The molecule has 0 bridgehead atoms. The monoisotopic (exact) mass is 565 g/mol. The molecular formula is C31H36ClN3O5. The normalized spacial score (nSPS) is 12.7. The molecule has 0 aliphatic heterocycles. The molecule has 0 aliphatic carbocycles. The minimum Gasteiger partial charge on any atom is -0.444 e. The van der Waals surface area contributed by atoms with Crippen molar-refractivity contribution in [1.29, 1.82) is 0 Å². The number of ether oxygens (including phenoxy) is 1. The summed E-state index contributed by atoms with van der Waals surface area (Å²) in [5.41, 5.74) is 1.73. The van der Waals surface area contributed by atoms with Crippen molar-refractivity contribution in [3.05, 3.63) is 101 Å². The number of alkyl carbamates (subject to hydrolysis) is 1. The van der Waals surface area contributed by atoms with E-state index in [1.54, 1.807) is 63.2 Å². The third kappa shape index (κ3) is 8.56. The van der Waals surface area contributed by atoms with Crippen LogP contribution in [-0.4, -0.2) is 52.7 Å². The van der Waals surface area contributed by atoms with Crippen molar-refractivity contribution >= 4 is 35.2 Å². The first-order valence-corrected chi connectivity index (χ1v) is 13.4. The van der Waals surface area contributed by atoms with E-state index in [1.165, 1.54) is 4.90 Å². The Labute approximate surface area is 240 Å². The van der Waals surface area contributed by atoms with Crippen molar-refractivity contribution in [3.8, 4) is 0 Å². The molecule has 3 aromatic carbocycles. The standard InChI is InChI=1S/C31H36ClN3O5/c1-21-12-11-17-24(32)26(21)34-28(37)27(23-15-9-6-10-16-23)35(18-19-36)29(38)25(20-22-13-7-5-8-14-22)33-30(39)40-31(2,3)4/h5-17,25,27,36H,18-20H2,1-4H3,(H,33,39)(H,34,37). The Kier molecular flexibility index (Phi) is 10.7. The predicted molar refractivity (Wildman–Crippen MR) is 156 cm³/mol. The third-order valence-corrected chi connectivity index (χ3v) is 6.36. The Balaban J connectivity index is 2.02. The van der Waals surface area contributed by atoms with Gasteiger partial charge < -0.3 is 25.4 Å². The highest BCUT2D eigenvalue weighted by Crippen LogP contribution is 2.29. The molecule has 0 radical (unpaired) electrons. The van der Waals surface area contributed by atoms with Crippen LogP contribution in [0.4, 0.5) is 10.5 Å². The Hall–Kier alpha value is -3.88. The number of carbonyl (C=O) groups excluding carboxylic acids is 3. The maximum absolute atomic E-state index is 14.2. The molecular weight excluding hydrogens is 530 g/mol. The van der Waals surface area contributed by atoms with Crippen molar-refractivity contribution in [2.75, 3.05) is 18.5 Å². The first-order chi connectivity index (χ1) is 19.0. The van der Waals surface area contributed by atoms with Crippen molar-refractivity contribution in [2.45, 2.75) is 51.8 Å². The number of para-hydroxylation sites is 1. The van der Waals surface area contributed by atoms with E-state index >= 15 is 0 Å². The van der Waals surface area contributed by atoms with Crippen LogP contribution in [0.2, 0.25) is 5.02 Å². The lowest BCUT2D eigenvalue weighted by molar-refractivity contribution is -0.141. The molecule has 0 saturated carbocycles. The summed E-state index contributed by atoms with van der Waals surface area (Å²) in [6, 6.07) is 21.0. The summed E-state index contributed by atoms with van der Waals surface area (Å²) in [5, 5.41) is 15.9. The second-order valence-corrected chi connectivity index (χ2v) is 10.8. The highest BCUT2D eigenvalue weighted by atomic mass is 35.5. The maximum atomic E-state index is 14.2. The Morgan fingerprint density at radius 3 is 2.15 bits per heavy atom. The quantitative estimate of drug-likeness (QED) is 0.310. The summed E-state index contributed by atoms with van der Waals surface area (Å²) in [5.74, 6) is -1.07. The molecule has 8 nitrogen and oxygen atoms in total. The second-order valence-electron chi connectivity index (χ2n) is 10.4. The van der Waals surface area contributed by atoms with Gasteiger partial charge in [0, 0.05) is 13.0 Å². The average molecular weight is 566 g/mol. The molecule has 3 amide bonds. The molecule has 40 heavy (non-hydrogen) atoms. The van der Waals surface area contributed by atoms with E-state index in [2.05, 4.69) is 10.6 Å². The summed E-state index contributed by atoms with van der Waals surface area (Å²) < 4.78 is 5.43. The summed E-state index contributed by atoms with van der Waals surface area (Å²) in [7, 11) is 0. The molecule has 0 spiro atoms. The van der Waals surface area contributed by atoms with Gasteiger partial charge in [-0.05, 0) is 50.5 Å². The number of halogens is 1. The van der Waals surface area contributed by atoms with E-state index < -0.39 is 42.2 Å². The van der Waals surface area contributed by atoms with E-state index in [9.17, 15) is 19.5 Å². The molecule has 2 unspecified atom stereocenters. The lowest BCUT2D eigenvalue weighted by atomic mass is 10.00. The number of aliphatic hydroxyl groups is 1. The molecule has 9 heteroatoms. The van der Waals surface area contributed by atoms with Gasteiger partial charge >= 0.3 is 6.09 Å². The van der Waals surface area contributed by atoms with E-state index in [0.717, 1.165) is 11.1 Å². The number of anilines is 1. The molecule has 212 valence electrons. The largest absolute Gasteiger partial charge is 0.444 e. The van der Waals surface area contributed by atoms with Crippen LogP contribution in [0.5, 0.6) is 0 Å². The Morgan fingerprint density at radius 1 is 0.950 bits per heavy atom. The number of hydrogen-bond acceptors (Lipinski definition) is 5. The second kappa shape index (κ2) is 14.0. The number of nitrogens with zero attached hydrogens (tertiary/aromatic N) is 1. The molecule has 0 saturated heterocycles. The first kappa shape index (κ1) is 30.7. The van der Waals surface area contributed by atoms with Gasteiger partial charge in [-0.2, -0.15) is 0 Å². The molecule has 2 atom stereocenters. The number of aryl methyl sites for hydroxylation is 1. The predicted octanol–water partition coefficient (Wildman–Crippen LogP) is 5.29. The number of amides is 3. The van der Waals surface area contributed by atoms with E-state index in [4.69, 9.17) is 16.3 Å². The average Bonchev–Trinajstić information content (AvgIpc) is 2.90. The maximum Gasteiger partial charge on any atom is 0.408 e. The van der Waals surface area contributed by atoms with Crippen LogP contribution in [0.1, 0.15) is 43.5 Å². The Morgan fingerprint density at radius 2 is 1.57 bits per heavy atom. The van der Waals surface area contributed by atoms with Gasteiger partial charge in [0.15, 0.2) is 0 Å². The van der Waals surface area contributed by atoms with Crippen molar-refractivity contribution in [2.24, 2.45) is 0 Å². The van der Waals surface area contributed by atoms with E-state index in [-0.39, 0.29) is 13.0 Å². The molecule has 0 aromatic heterocycles. The zero-order valence-corrected chi connectivity index (χ0v) is 23.9. The lowest BCUT2D eigenvalue weighted by Crippen LogP contribution is -2.53. The number of rotatable bonds is 10. The third-order valence-electron chi connectivity index (χ3n) is 6.04. The number of hydrogen-bond donors (Lipinski definition) is 3. The molecule has 3 N–H and O–H groups in total. The van der Waals surface area contributed by atoms with Crippen LogP contribution in [-0.2, 0) is 20.7 Å². The fourth-order valence-electron chi connectivity index (χ4n) is 4.26. The van der Waals surface area contributed by atoms with Crippen LogP contribution >= 0.6 is 11.6 Å². The van der Waals surface area contributed by atoms with Crippen LogP contribution < -0.4 is 10.6 Å². The van der Waals surface area contributed by atoms with Crippen LogP contribution in [0.25, 0.3) is 0 Å². The van der Waals surface area contributed by atoms with Crippen LogP contribution in [0, 0.1) is 6.92 Å². The van der Waals surface area contributed by atoms with Crippen LogP contribution in [0.3, 0.4) is 0 Å². The summed E-state index contributed by atoms with van der Waals surface area (Å²) in [6.07, 6.45) is -0.619. The highest BCUT2D eigenvalue weighted by molar-refractivity contribution is 6.34. The van der Waals surface area contributed by atoms with E-state index in [1.807, 2.05) is 43.3 Å². The molecule has 0 fully saturated rings. The molecule has 0 aliphatic rings. The highest BCUT2D eigenvalue weighted by Gasteiger charge is 2.36. The van der Waals surface area contributed by atoms with Gasteiger partial charge in [-0.3, -0.25) is 9.59 Å². The first-order valence-electron chi connectivity index (χ1n) is 13.1. The number of aliphatic hydroxyl groups excluding tert-OH is 1. The van der Waals surface area contributed by atoms with Crippen molar-refractivity contribution in [3.63, 3.8) is 0 Å². The van der Waals surface area contributed by atoms with Crippen LogP contribution in [0.15, 0.2) is 78.9 Å². The summed E-state index contributed by atoms with van der Waals surface area (Å²) in [6.45, 7) is 6.43. The summed E-state index contributed by atoms with van der Waals surface area (Å²) >= 11 is 6.38. The van der Waals surface area contributed by atoms with Crippen molar-refractivity contribution < 1.29 is 24.2 Å². The lowest BCUT2D eigenvalue weighted by Gasteiger charge is -2.34. The minimum atomic E-state index is -1.13. The number of benzene rings is 3. The van der Waals surface area contributed by atoms with Gasteiger partial charge in [-0.15, -0.1) is 0 Å².